The summed E-state index contributed by atoms with van der Waals surface area (Å²) in [5.41, 5.74) is 0.519. The van der Waals surface area contributed by atoms with Crippen molar-refractivity contribution >= 4 is 11.2 Å². The van der Waals surface area contributed by atoms with Gasteiger partial charge in [-0.05, 0) is 12.8 Å². The average Bonchev–Trinajstić information content (AvgIpc) is 2.57. The lowest BCUT2D eigenvalue weighted by Gasteiger charge is -2.06. The van der Waals surface area contributed by atoms with Gasteiger partial charge in [0.05, 0.1) is 0 Å². The maximum Gasteiger partial charge on any atom is 0.332 e. The lowest BCUT2D eigenvalue weighted by atomic mass is 10.2. The van der Waals surface area contributed by atoms with Crippen LogP contribution in [0.2, 0.25) is 0 Å². The van der Waals surface area contributed by atoms with Crippen LogP contribution in [0.3, 0.4) is 0 Å². The summed E-state index contributed by atoms with van der Waals surface area (Å²) in [6, 6.07) is 0. The van der Waals surface area contributed by atoms with Gasteiger partial charge in [0.2, 0.25) is 0 Å². The Morgan fingerprint density at radius 2 is 1.83 bits per heavy atom. The van der Waals surface area contributed by atoms with Gasteiger partial charge in [-0.3, -0.25) is 13.9 Å². The number of imidazole rings is 1. The summed E-state index contributed by atoms with van der Waals surface area (Å²) in [6.07, 6.45) is 4.20. The Kier molecular flexibility index (Phi) is 2.39. The van der Waals surface area contributed by atoms with Crippen LogP contribution in [0, 0.1) is 0 Å². The third-order valence-corrected chi connectivity index (χ3v) is 3.71. The van der Waals surface area contributed by atoms with Crippen molar-refractivity contribution in [3.63, 3.8) is 0 Å². The first-order valence-corrected chi connectivity index (χ1v) is 6.26. The first-order valence-electron chi connectivity index (χ1n) is 6.26. The van der Waals surface area contributed by atoms with Gasteiger partial charge < -0.3 is 4.57 Å². The highest BCUT2D eigenvalue weighted by molar-refractivity contribution is 5.71. The summed E-state index contributed by atoms with van der Waals surface area (Å²) >= 11 is 0. The van der Waals surface area contributed by atoms with Gasteiger partial charge in [0.25, 0.3) is 5.56 Å². The number of aryl methyl sites for hydroxylation is 3. The minimum Gasteiger partial charge on any atom is -0.322 e. The van der Waals surface area contributed by atoms with Crippen LogP contribution < -0.4 is 11.2 Å². The molecule has 1 aliphatic heterocycles. The van der Waals surface area contributed by atoms with Crippen molar-refractivity contribution < 1.29 is 0 Å². The molecule has 0 N–H and O–H groups in total. The Hall–Kier alpha value is -1.85. The molecule has 0 fully saturated rings. The molecular weight excluding hydrogens is 232 g/mol. The Morgan fingerprint density at radius 3 is 2.61 bits per heavy atom. The van der Waals surface area contributed by atoms with Crippen LogP contribution in [0.4, 0.5) is 0 Å². The SMILES string of the molecule is Cn1c(=O)c2c(nc3n2CCCCC3)n(C)c1=O. The van der Waals surface area contributed by atoms with E-state index in [0.29, 0.717) is 11.2 Å². The maximum absolute atomic E-state index is 12.2. The molecule has 1 aliphatic rings. The van der Waals surface area contributed by atoms with E-state index < -0.39 is 0 Å². The van der Waals surface area contributed by atoms with Gasteiger partial charge in [0, 0.05) is 27.1 Å². The Bertz CT molecular complexity index is 735. The van der Waals surface area contributed by atoms with Crippen molar-refractivity contribution in [3.8, 4) is 0 Å². The molecule has 18 heavy (non-hydrogen) atoms. The van der Waals surface area contributed by atoms with Crippen LogP contribution in [-0.2, 0) is 27.1 Å². The van der Waals surface area contributed by atoms with Crippen LogP contribution in [0.15, 0.2) is 9.59 Å². The number of nitrogens with zero attached hydrogens (tertiary/aromatic N) is 4. The van der Waals surface area contributed by atoms with Gasteiger partial charge in [-0.1, -0.05) is 6.42 Å². The van der Waals surface area contributed by atoms with Crippen molar-refractivity contribution in [2.75, 3.05) is 0 Å². The Labute approximate surface area is 103 Å². The molecule has 0 amide bonds. The maximum atomic E-state index is 12.2. The zero-order valence-corrected chi connectivity index (χ0v) is 10.6. The highest BCUT2D eigenvalue weighted by Crippen LogP contribution is 2.18. The number of aromatic nitrogens is 4. The lowest BCUT2D eigenvalue weighted by molar-refractivity contribution is 0.639. The third-order valence-electron chi connectivity index (χ3n) is 3.71. The molecule has 3 heterocycles. The number of hydrogen-bond acceptors (Lipinski definition) is 3. The van der Waals surface area contributed by atoms with E-state index in [0.717, 1.165) is 42.6 Å². The van der Waals surface area contributed by atoms with Crippen molar-refractivity contribution in [1.29, 1.82) is 0 Å². The Balaban J connectivity index is 2.48. The Morgan fingerprint density at radius 1 is 1.06 bits per heavy atom. The van der Waals surface area contributed by atoms with E-state index >= 15 is 0 Å². The molecule has 0 radical (unpaired) electrons. The normalized spacial score (nSPS) is 15.7. The average molecular weight is 248 g/mol. The van der Waals surface area contributed by atoms with Crippen LogP contribution >= 0.6 is 0 Å². The lowest BCUT2D eigenvalue weighted by Crippen LogP contribution is -2.37. The predicted molar refractivity (Wildman–Crippen MR) is 67.8 cm³/mol. The zero-order valence-electron chi connectivity index (χ0n) is 10.6. The largest absolute Gasteiger partial charge is 0.332 e. The smallest absolute Gasteiger partial charge is 0.322 e. The summed E-state index contributed by atoms with van der Waals surface area (Å²) in [7, 11) is 3.18. The summed E-state index contributed by atoms with van der Waals surface area (Å²) in [4.78, 5) is 28.6. The topological polar surface area (TPSA) is 61.8 Å². The first-order chi connectivity index (χ1) is 8.61. The van der Waals surface area contributed by atoms with E-state index in [1.165, 1.54) is 11.6 Å². The third kappa shape index (κ3) is 1.38. The van der Waals surface area contributed by atoms with Crippen molar-refractivity contribution in [2.45, 2.75) is 32.2 Å². The monoisotopic (exact) mass is 248 g/mol. The standard InChI is InChI=1S/C12H16N4O2/c1-14-10-9(11(17)15(2)12(14)18)16-7-5-3-4-6-8(16)13-10/h3-7H2,1-2H3. The van der Waals surface area contributed by atoms with Gasteiger partial charge in [0.1, 0.15) is 5.82 Å². The summed E-state index contributed by atoms with van der Waals surface area (Å²) in [6.45, 7) is 0.819. The second-order valence-corrected chi connectivity index (χ2v) is 4.87. The molecule has 0 aromatic carbocycles. The number of hydrogen-bond donors (Lipinski definition) is 0. The van der Waals surface area contributed by atoms with Crippen LogP contribution in [0.25, 0.3) is 11.2 Å². The highest BCUT2D eigenvalue weighted by atomic mass is 16.2. The molecule has 3 rings (SSSR count). The van der Waals surface area contributed by atoms with Crippen LogP contribution in [0.1, 0.15) is 25.1 Å². The molecule has 96 valence electrons. The summed E-state index contributed by atoms with van der Waals surface area (Å²) < 4.78 is 4.60. The van der Waals surface area contributed by atoms with Crippen molar-refractivity contribution in [3.05, 3.63) is 26.7 Å². The molecule has 0 bridgehead atoms. The fourth-order valence-corrected chi connectivity index (χ4v) is 2.65. The van der Waals surface area contributed by atoms with Gasteiger partial charge in [-0.2, -0.15) is 0 Å². The molecule has 0 saturated carbocycles. The van der Waals surface area contributed by atoms with Crippen LogP contribution in [0.5, 0.6) is 0 Å². The molecule has 6 heteroatoms. The van der Waals surface area contributed by atoms with E-state index in [4.69, 9.17) is 0 Å². The molecule has 0 spiro atoms. The van der Waals surface area contributed by atoms with E-state index in [-0.39, 0.29) is 11.2 Å². The molecule has 0 aliphatic carbocycles. The molecule has 0 saturated heterocycles. The molecule has 0 unspecified atom stereocenters. The minimum absolute atomic E-state index is 0.242. The van der Waals surface area contributed by atoms with Crippen LogP contribution in [-0.4, -0.2) is 18.7 Å². The molecule has 0 atom stereocenters. The van der Waals surface area contributed by atoms with Crippen molar-refractivity contribution in [1.82, 2.24) is 18.7 Å². The molecule has 6 nitrogen and oxygen atoms in total. The first kappa shape index (κ1) is 11.3. The second-order valence-electron chi connectivity index (χ2n) is 4.87. The fraction of sp³-hybridized carbons (Fsp3) is 0.583. The molecule has 2 aromatic heterocycles. The van der Waals surface area contributed by atoms with Gasteiger partial charge in [0.15, 0.2) is 11.2 Å². The summed E-state index contributed by atoms with van der Waals surface area (Å²) in [5, 5.41) is 0. The van der Waals surface area contributed by atoms with E-state index in [9.17, 15) is 9.59 Å². The van der Waals surface area contributed by atoms with Gasteiger partial charge in [-0.15, -0.1) is 0 Å². The van der Waals surface area contributed by atoms with Gasteiger partial charge in [-0.25, -0.2) is 9.78 Å². The van der Waals surface area contributed by atoms with E-state index in [1.54, 1.807) is 7.05 Å². The summed E-state index contributed by atoms with van der Waals surface area (Å²) in [5.74, 6) is 0.931. The number of rotatable bonds is 0. The molecular formula is C12H16N4O2. The van der Waals surface area contributed by atoms with Gasteiger partial charge >= 0.3 is 5.69 Å². The second kappa shape index (κ2) is 3.83. The minimum atomic E-state index is -0.319. The van der Waals surface area contributed by atoms with Crippen molar-refractivity contribution in [2.24, 2.45) is 14.1 Å². The fourth-order valence-electron chi connectivity index (χ4n) is 2.65. The van der Waals surface area contributed by atoms with E-state index in [2.05, 4.69) is 4.98 Å². The molecule has 2 aromatic rings. The number of fused-ring (bicyclic) bond motifs is 3. The highest BCUT2D eigenvalue weighted by Gasteiger charge is 2.19. The predicted octanol–water partition coefficient (Wildman–Crippen LogP) is 0.160. The van der Waals surface area contributed by atoms with E-state index in [1.807, 2.05) is 4.57 Å². The zero-order chi connectivity index (χ0) is 12.9. The quantitative estimate of drug-likeness (QED) is 0.667.